The van der Waals surface area contributed by atoms with Crippen LogP contribution in [0.1, 0.15) is 0 Å². The molecule has 0 saturated carbocycles. The van der Waals surface area contributed by atoms with Crippen LogP contribution in [0.2, 0.25) is 0 Å². The molecule has 0 aliphatic heterocycles. The molecule has 222 valence electrons. The Kier molecular flexibility index (Phi) is 8.33. The fraction of sp³-hybridized carbons (Fsp3) is 0. The lowest BCUT2D eigenvalue weighted by molar-refractivity contribution is -0.384. The van der Waals surface area contributed by atoms with Gasteiger partial charge in [0.05, 0.1) is 21.2 Å². The van der Waals surface area contributed by atoms with Crippen LogP contribution in [0.25, 0.3) is 0 Å². The van der Waals surface area contributed by atoms with E-state index < -0.39 is 100 Å². The molecule has 0 spiro atoms. The molecule has 0 fully saturated rings. The van der Waals surface area contributed by atoms with Crippen molar-refractivity contribution in [3.8, 4) is 0 Å². The topological polar surface area (TPSA) is 351 Å². The third kappa shape index (κ3) is 6.82. The zero-order valence-corrected chi connectivity index (χ0v) is 22.5. The lowest BCUT2D eigenvalue weighted by Gasteiger charge is -2.10. The first kappa shape index (κ1) is 31.5. The van der Waals surface area contributed by atoms with E-state index >= 15 is 0 Å². The highest BCUT2D eigenvalue weighted by Gasteiger charge is 2.25. The van der Waals surface area contributed by atoms with Gasteiger partial charge in [0.2, 0.25) is 0 Å². The van der Waals surface area contributed by atoms with Crippen molar-refractivity contribution < 1.29 is 48.8 Å². The van der Waals surface area contributed by atoms with E-state index in [0.29, 0.717) is 18.2 Å². The van der Waals surface area contributed by atoms with Crippen molar-refractivity contribution >= 4 is 75.9 Å². The normalized spacial score (nSPS) is 12.6. The molecule has 3 rings (SSSR count). The molecule has 0 aliphatic rings. The minimum absolute atomic E-state index is 0.449. The Labute approximate surface area is 233 Å². The number of nitro benzene ring substituents is 2. The monoisotopic (exact) mass is 646 g/mol. The molecule has 0 radical (unpaired) electrons. The molecular formula is C18H14N8O13S3. The molecule has 0 bridgehead atoms. The van der Waals surface area contributed by atoms with Crippen LogP contribution in [0.15, 0.2) is 77.6 Å². The van der Waals surface area contributed by atoms with Crippen molar-refractivity contribution in [2.45, 2.75) is 14.7 Å². The van der Waals surface area contributed by atoms with E-state index in [0.717, 1.165) is 24.3 Å². The van der Waals surface area contributed by atoms with E-state index in [9.17, 15) is 50.0 Å². The summed E-state index contributed by atoms with van der Waals surface area (Å²) in [5, 5.41) is 37.0. The number of nitrogen functional groups attached to an aromatic ring is 2. The molecular weight excluding hydrogens is 632 g/mol. The largest absolute Gasteiger partial charge is 0.396 e. The number of hydrogen-bond donors (Lipinski definition) is 5. The number of nitrogens with zero attached hydrogens (tertiary/aromatic N) is 6. The van der Waals surface area contributed by atoms with Crippen LogP contribution >= 0.6 is 0 Å². The molecule has 0 saturated heterocycles. The molecule has 7 N–H and O–H groups in total. The fourth-order valence-corrected chi connectivity index (χ4v) is 4.70. The average Bonchev–Trinajstić information content (AvgIpc) is 2.86. The van der Waals surface area contributed by atoms with E-state index in [1.807, 2.05) is 0 Å². The van der Waals surface area contributed by atoms with Crippen molar-refractivity contribution in [1.82, 2.24) is 0 Å². The lowest BCUT2D eigenvalue weighted by Crippen LogP contribution is -2.05. The molecule has 0 amide bonds. The third-order valence-corrected chi connectivity index (χ3v) is 7.60. The van der Waals surface area contributed by atoms with Gasteiger partial charge in [-0.2, -0.15) is 25.3 Å². The summed E-state index contributed by atoms with van der Waals surface area (Å²) in [5.74, 6) is 0. The van der Waals surface area contributed by atoms with Crippen LogP contribution < -0.4 is 11.5 Å². The summed E-state index contributed by atoms with van der Waals surface area (Å²) in [7, 11) is -14.8. The molecule has 0 atom stereocenters. The predicted molar refractivity (Wildman–Crippen MR) is 139 cm³/mol. The number of hydrogen-bond acceptors (Lipinski definition) is 16. The molecule has 0 heterocycles. The summed E-state index contributed by atoms with van der Waals surface area (Å²) in [5.41, 5.74) is 5.67. The molecule has 3 aromatic rings. The molecule has 42 heavy (non-hydrogen) atoms. The highest BCUT2D eigenvalue weighted by atomic mass is 32.2. The number of rotatable bonds is 9. The third-order valence-electron chi connectivity index (χ3n) is 5.00. The summed E-state index contributed by atoms with van der Waals surface area (Å²) < 4.78 is 96.9. The highest BCUT2D eigenvalue weighted by molar-refractivity contribution is 7.86. The number of anilines is 2. The first-order chi connectivity index (χ1) is 19.2. The van der Waals surface area contributed by atoms with E-state index in [1.54, 1.807) is 0 Å². The minimum atomic E-state index is -5.14. The van der Waals surface area contributed by atoms with Crippen LogP contribution in [0.3, 0.4) is 0 Å². The van der Waals surface area contributed by atoms with Gasteiger partial charge in [-0.1, -0.05) is 0 Å². The average molecular weight is 647 g/mol. The number of nitro groups is 2. The summed E-state index contributed by atoms with van der Waals surface area (Å²) in [4.78, 5) is 17.9. The van der Waals surface area contributed by atoms with Crippen molar-refractivity contribution in [3.63, 3.8) is 0 Å². The van der Waals surface area contributed by atoms with Gasteiger partial charge in [0.15, 0.2) is 11.4 Å². The molecule has 24 heteroatoms. The Balaban J connectivity index is 2.22. The second-order valence-corrected chi connectivity index (χ2v) is 11.9. The van der Waals surface area contributed by atoms with Crippen LogP contribution in [0, 0.1) is 20.2 Å². The standard InChI is InChI=1S/C18H14N8O13S3/c19-16-12(23-21-10-3-1-8(40(31,32)33)5-13(10)25(27)28)7-15(42(37,38)39)17(20)18(16)24-22-11-4-2-9(41(34,35)36)6-14(11)26(29)30/h1-7H,19-20H2,(H,31,32,33)(H,34,35,36)(H,37,38,39). The van der Waals surface area contributed by atoms with E-state index in [1.165, 1.54) is 0 Å². The smallest absolute Gasteiger partial charge is 0.298 e. The van der Waals surface area contributed by atoms with Crippen LogP contribution in [-0.4, -0.2) is 48.8 Å². The fourth-order valence-electron chi connectivity index (χ4n) is 3.07. The van der Waals surface area contributed by atoms with Crippen LogP contribution in [-0.2, 0) is 30.4 Å². The summed E-state index contributed by atoms with van der Waals surface area (Å²) >= 11 is 0. The van der Waals surface area contributed by atoms with Gasteiger partial charge in [-0.3, -0.25) is 33.9 Å². The highest BCUT2D eigenvalue weighted by Crippen LogP contribution is 2.44. The predicted octanol–water partition coefficient (Wildman–Crippen LogP) is 3.24. The zero-order valence-electron chi connectivity index (χ0n) is 20.0. The minimum Gasteiger partial charge on any atom is -0.396 e. The Hall–Kier alpha value is -5.01. The van der Waals surface area contributed by atoms with Gasteiger partial charge in [-0.15, -0.1) is 20.5 Å². The van der Waals surface area contributed by atoms with Gasteiger partial charge >= 0.3 is 0 Å². The molecule has 0 unspecified atom stereocenters. The Morgan fingerprint density at radius 2 is 1.00 bits per heavy atom. The van der Waals surface area contributed by atoms with Crippen LogP contribution in [0.4, 0.5) is 45.5 Å². The zero-order chi connectivity index (χ0) is 31.8. The molecule has 3 aromatic carbocycles. The van der Waals surface area contributed by atoms with Crippen molar-refractivity contribution in [2.75, 3.05) is 11.5 Å². The van der Waals surface area contributed by atoms with E-state index in [4.69, 9.17) is 20.6 Å². The first-order valence-electron chi connectivity index (χ1n) is 10.3. The number of nitrogens with two attached hydrogens (primary N) is 2. The van der Waals surface area contributed by atoms with Crippen molar-refractivity contribution in [2.24, 2.45) is 20.5 Å². The molecule has 0 aliphatic carbocycles. The van der Waals surface area contributed by atoms with E-state index in [2.05, 4.69) is 20.5 Å². The Morgan fingerprint density at radius 1 is 0.595 bits per heavy atom. The van der Waals surface area contributed by atoms with Gasteiger partial charge in [-0.25, -0.2) is 0 Å². The lowest BCUT2D eigenvalue weighted by atomic mass is 10.2. The van der Waals surface area contributed by atoms with Gasteiger partial charge in [0, 0.05) is 12.1 Å². The van der Waals surface area contributed by atoms with Gasteiger partial charge < -0.3 is 11.5 Å². The van der Waals surface area contributed by atoms with Crippen LogP contribution in [0.5, 0.6) is 0 Å². The SMILES string of the molecule is Nc1c(N=Nc2ccc(S(=O)(=O)O)cc2[N+](=O)[O-])cc(S(=O)(=O)O)c(N)c1N=Nc1ccc(S(=O)(=O)O)cc1[N+](=O)[O-]. The maximum absolute atomic E-state index is 11.9. The van der Waals surface area contributed by atoms with Gasteiger partial charge in [0.25, 0.3) is 41.7 Å². The summed E-state index contributed by atoms with van der Waals surface area (Å²) in [6.45, 7) is 0. The Morgan fingerprint density at radius 3 is 1.38 bits per heavy atom. The first-order valence-corrected chi connectivity index (χ1v) is 14.6. The van der Waals surface area contributed by atoms with Gasteiger partial charge in [0.1, 0.15) is 26.1 Å². The number of benzene rings is 3. The maximum atomic E-state index is 11.9. The number of azo groups is 2. The second kappa shape index (κ2) is 11.1. The van der Waals surface area contributed by atoms with Gasteiger partial charge in [-0.05, 0) is 30.3 Å². The molecule has 0 aromatic heterocycles. The van der Waals surface area contributed by atoms with Crippen molar-refractivity contribution in [3.05, 3.63) is 62.7 Å². The summed E-state index contributed by atoms with van der Waals surface area (Å²) in [6, 6.07) is 4.51. The van der Waals surface area contributed by atoms with Crippen molar-refractivity contribution in [1.29, 1.82) is 0 Å². The summed E-state index contributed by atoms with van der Waals surface area (Å²) in [6.07, 6.45) is 0. The van der Waals surface area contributed by atoms with E-state index in [-0.39, 0.29) is 0 Å². The maximum Gasteiger partial charge on any atom is 0.298 e. The second-order valence-electron chi connectivity index (χ2n) is 7.71. The Bertz CT molecular complexity index is 2040. The quantitative estimate of drug-likeness (QED) is 0.0732. The molecule has 21 nitrogen and oxygen atoms in total.